The molecule has 2 aromatic heterocycles. The Labute approximate surface area is 215 Å². The van der Waals surface area contributed by atoms with Crippen LogP contribution in [0.2, 0.25) is 0 Å². The van der Waals surface area contributed by atoms with Crippen molar-refractivity contribution in [1.29, 1.82) is 0 Å². The van der Waals surface area contributed by atoms with Crippen molar-refractivity contribution in [2.45, 2.75) is 45.4 Å². The fourth-order valence-electron chi connectivity index (χ4n) is 4.63. The second-order valence-corrected chi connectivity index (χ2v) is 12.4. The van der Waals surface area contributed by atoms with Gasteiger partial charge in [0.25, 0.3) is 0 Å². The van der Waals surface area contributed by atoms with Crippen molar-refractivity contribution in [3.8, 4) is 5.13 Å². The summed E-state index contributed by atoms with van der Waals surface area (Å²) in [5.74, 6) is 0.163. The van der Waals surface area contributed by atoms with Gasteiger partial charge in [-0.15, -0.1) is 0 Å². The second-order valence-electron chi connectivity index (χ2n) is 9.49. The van der Waals surface area contributed by atoms with Crippen LogP contribution in [-0.4, -0.2) is 46.5 Å². The number of hydrogen-bond acceptors (Lipinski definition) is 6. The smallest absolute Gasteiger partial charge is 0.243 e. The van der Waals surface area contributed by atoms with Crippen molar-refractivity contribution < 1.29 is 13.2 Å². The van der Waals surface area contributed by atoms with Gasteiger partial charge in [0.15, 0.2) is 0 Å². The number of amides is 1. The van der Waals surface area contributed by atoms with Crippen LogP contribution in [0.3, 0.4) is 0 Å². The lowest BCUT2D eigenvalue weighted by Crippen LogP contribution is -2.41. The van der Waals surface area contributed by atoms with Gasteiger partial charge in [0, 0.05) is 25.1 Å². The molecule has 8 nitrogen and oxygen atoms in total. The summed E-state index contributed by atoms with van der Waals surface area (Å²) in [5, 5.41) is 8.29. The number of anilines is 1. The summed E-state index contributed by atoms with van der Waals surface area (Å²) in [6.45, 7) is 8.52. The third kappa shape index (κ3) is 4.68. The number of rotatable bonds is 5. The van der Waals surface area contributed by atoms with Gasteiger partial charge in [-0.2, -0.15) is 14.1 Å². The summed E-state index contributed by atoms with van der Waals surface area (Å²) in [5.41, 5.74) is 5.00. The zero-order valence-electron chi connectivity index (χ0n) is 20.8. The Balaban J connectivity index is 1.30. The first-order chi connectivity index (χ1) is 17.1. The fraction of sp³-hybridized carbons (Fsp3) is 0.346. The van der Waals surface area contributed by atoms with Crippen LogP contribution in [0.4, 0.5) is 5.82 Å². The number of hydrogen-bond donors (Lipinski definition) is 1. The van der Waals surface area contributed by atoms with Gasteiger partial charge in [-0.25, -0.2) is 13.4 Å². The number of aryl methyl sites for hydroxylation is 4. The van der Waals surface area contributed by atoms with Crippen LogP contribution >= 0.6 is 11.3 Å². The van der Waals surface area contributed by atoms with Gasteiger partial charge in [0.05, 0.1) is 20.8 Å². The summed E-state index contributed by atoms with van der Waals surface area (Å²) in [6, 6.07) is 12.9. The second kappa shape index (κ2) is 9.42. The Morgan fingerprint density at radius 1 is 1.00 bits per heavy atom. The van der Waals surface area contributed by atoms with Crippen molar-refractivity contribution in [2.75, 3.05) is 18.4 Å². The van der Waals surface area contributed by atoms with Crippen LogP contribution in [0.15, 0.2) is 47.4 Å². The predicted octanol–water partition coefficient (Wildman–Crippen LogP) is 4.76. The van der Waals surface area contributed by atoms with Crippen LogP contribution in [0.1, 0.15) is 35.2 Å². The Morgan fingerprint density at radius 3 is 2.39 bits per heavy atom. The largest absolute Gasteiger partial charge is 0.310 e. The molecule has 5 rings (SSSR count). The maximum Gasteiger partial charge on any atom is 0.243 e. The molecule has 188 valence electrons. The quantitative estimate of drug-likeness (QED) is 0.407. The number of fused-ring (bicyclic) bond motifs is 1. The van der Waals surface area contributed by atoms with Crippen LogP contribution in [0.25, 0.3) is 15.3 Å². The molecule has 1 aliphatic heterocycles. The minimum Gasteiger partial charge on any atom is -0.310 e. The number of piperidine rings is 1. The molecule has 10 heteroatoms. The van der Waals surface area contributed by atoms with E-state index in [4.69, 9.17) is 4.98 Å². The van der Waals surface area contributed by atoms with E-state index in [-0.39, 0.29) is 16.7 Å². The van der Waals surface area contributed by atoms with E-state index >= 15 is 0 Å². The summed E-state index contributed by atoms with van der Waals surface area (Å²) in [6.07, 6.45) is 0.924. The maximum atomic E-state index is 13.2. The van der Waals surface area contributed by atoms with Crippen molar-refractivity contribution >= 4 is 43.3 Å². The number of benzene rings is 2. The third-order valence-electron chi connectivity index (χ3n) is 6.57. The summed E-state index contributed by atoms with van der Waals surface area (Å²) >= 11 is 1.54. The SMILES string of the molecule is Cc1ccc(S(=O)(=O)N2CCC(C(=O)Nc3cc(C)nn3-c3nc4c(C)cc(C)cc4s3)CC2)cc1. The van der Waals surface area contributed by atoms with Crippen molar-refractivity contribution in [2.24, 2.45) is 5.92 Å². The van der Waals surface area contributed by atoms with Crippen molar-refractivity contribution in [1.82, 2.24) is 19.1 Å². The van der Waals surface area contributed by atoms with Gasteiger partial charge in [0.2, 0.25) is 21.1 Å². The number of sulfonamides is 1. The minimum absolute atomic E-state index is 0.128. The zero-order chi connectivity index (χ0) is 25.6. The van der Waals surface area contributed by atoms with Gasteiger partial charge < -0.3 is 5.32 Å². The lowest BCUT2D eigenvalue weighted by atomic mass is 9.97. The van der Waals surface area contributed by atoms with Gasteiger partial charge in [0.1, 0.15) is 5.82 Å². The van der Waals surface area contributed by atoms with Gasteiger partial charge in [-0.05, 0) is 69.9 Å². The number of carbonyl (C=O) groups is 1. The first kappa shape index (κ1) is 24.6. The lowest BCUT2D eigenvalue weighted by molar-refractivity contribution is -0.120. The summed E-state index contributed by atoms with van der Waals surface area (Å²) in [4.78, 5) is 18.2. The minimum atomic E-state index is -3.57. The molecule has 1 fully saturated rings. The Kier molecular flexibility index (Phi) is 6.44. The number of carbonyl (C=O) groups excluding carboxylic acids is 1. The Morgan fingerprint density at radius 2 is 1.69 bits per heavy atom. The third-order valence-corrected chi connectivity index (χ3v) is 9.46. The number of nitrogens with one attached hydrogen (secondary N) is 1. The van der Waals surface area contributed by atoms with E-state index in [1.54, 1.807) is 28.9 Å². The Hall–Kier alpha value is -3.08. The summed E-state index contributed by atoms with van der Waals surface area (Å²) in [7, 11) is -3.57. The molecule has 4 aromatic rings. The van der Waals surface area contributed by atoms with E-state index in [0.29, 0.717) is 36.9 Å². The molecule has 1 N–H and O–H groups in total. The predicted molar refractivity (Wildman–Crippen MR) is 142 cm³/mol. The highest BCUT2D eigenvalue weighted by Gasteiger charge is 2.32. The highest BCUT2D eigenvalue weighted by atomic mass is 32.2. The van der Waals surface area contributed by atoms with E-state index in [2.05, 4.69) is 29.5 Å². The molecule has 2 aromatic carbocycles. The molecular weight excluding hydrogens is 494 g/mol. The van der Waals surface area contributed by atoms with Gasteiger partial charge in [-0.3, -0.25) is 4.79 Å². The van der Waals surface area contributed by atoms with E-state index in [1.165, 1.54) is 21.2 Å². The average molecular weight is 524 g/mol. The Bertz CT molecular complexity index is 1550. The molecule has 3 heterocycles. The lowest BCUT2D eigenvalue weighted by Gasteiger charge is -2.30. The zero-order valence-corrected chi connectivity index (χ0v) is 22.4. The standard InChI is InChI=1S/C26H29N5O3S2/c1-16-5-7-21(8-6-16)36(33,34)30-11-9-20(10-12-30)25(32)27-23-15-19(4)29-31(23)26-28-24-18(3)13-17(2)14-22(24)35-26/h5-8,13-15,20H,9-12H2,1-4H3,(H,27,32). The van der Waals surface area contributed by atoms with Gasteiger partial charge in [-0.1, -0.05) is 35.1 Å². The molecule has 0 unspecified atom stereocenters. The molecule has 0 aliphatic carbocycles. The van der Waals surface area contributed by atoms with Crippen molar-refractivity contribution in [3.05, 3.63) is 64.8 Å². The van der Waals surface area contributed by atoms with E-state index in [9.17, 15) is 13.2 Å². The molecule has 1 amide bonds. The summed E-state index contributed by atoms with van der Waals surface area (Å²) < 4.78 is 30.2. The first-order valence-electron chi connectivity index (χ1n) is 11.9. The number of aromatic nitrogens is 3. The number of thiazole rings is 1. The molecule has 0 saturated carbocycles. The van der Waals surface area contributed by atoms with Crippen LogP contribution < -0.4 is 5.32 Å². The fourth-order valence-corrected chi connectivity index (χ4v) is 7.21. The molecule has 0 bridgehead atoms. The molecule has 1 saturated heterocycles. The molecule has 1 aliphatic rings. The van der Waals surface area contributed by atoms with Crippen LogP contribution in [0.5, 0.6) is 0 Å². The molecular formula is C26H29N5O3S2. The molecule has 0 spiro atoms. The monoisotopic (exact) mass is 523 g/mol. The van der Waals surface area contributed by atoms with Crippen molar-refractivity contribution in [3.63, 3.8) is 0 Å². The molecule has 0 atom stereocenters. The highest BCUT2D eigenvalue weighted by molar-refractivity contribution is 7.89. The molecule has 0 radical (unpaired) electrons. The molecule has 36 heavy (non-hydrogen) atoms. The van der Waals surface area contributed by atoms with Crippen LogP contribution in [0, 0.1) is 33.6 Å². The van der Waals surface area contributed by atoms with E-state index in [1.807, 2.05) is 26.8 Å². The van der Waals surface area contributed by atoms with Gasteiger partial charge >= 0.3 is 0 Å². The van der Waals surface area contributed by atoms with E-state index < -0.39 is 10.0 Å². The first-order valence-corrected chi connectivity index (χ1v) is 14.2. The topological polar surface area (TPSA) is 97.2 Å². The average Bonchev–Trinajstić information content (AvgIpc) is 3.42. The number of nitrogens with zero attached hydrogens (tertiary/aromatic N) is 4. The van der Waals surface area contributed by atoms with E-state index in [0.717, 1.165) is 27.0 Å². The normalized spacial score (nSPS) is 15.4. The van der Waals surface area contributed by atoms with Crippen LogP contribution in [-0.2, 0) is 14.8 Å². The highest BCUT2D eigenvalue weighted by Crippen LogP contribution is 2.31. The maximum absolute atomic E-state index is 13.2.